The Morgan fingerprint density at radius 3 is 2.12 bits per heavy atom. The number of rotatable bonds is 8. The molecule has 0 amide bonds. The van der Waals surface area contributed by atoms with Crippen molar-refractivity contribution in [2.24, 2.45) is 5.41 Å². The predicted octanol–water partition coefficient (Wildman–Crippen LogP) is 8.21. The molecule has 0 radical (unpaired) electrons. The van der Waals surface area contributed by atoms with Gasteiger partial charge in [0.15, 0.2) is 5.58 Å². The number of aromatic nitrogens is 1. The van der Waals surface area contributed by atoms with Crippen molar-refractivity contribution < 1.29 is 9.52 Å². The zero-order valence-corrected chi connectivity index (χ0v) is 22.2. The van der Waals surface area contributed by atoms with Crippen LogP contribution in [-0.4, -0.2) is 22.0 Å². The Morgan fingerprint density at radius 2 is 1.66 bits per heavy atom. The molecule has 1 aromatic heterocycles. The Hall–Kier alpha value is -1.20. The van der Waals surface area contributed by atoms with Gasteiger partial charge >= 0.3 is 5.76 Å². The molecule has 1 aromatic carbocycles. The summed E-state index contributed by atoms with van der Waals surface area (Å²) in [7, 11) is 0. The lowest BCUT2D eigenvalue weighted by molar-refractivity contribution is 0.208. The second kappa shape index (κ2) is 15.6. The van der Waals surface area contributed by atoms with Crippen LogP contribution in [-0.2, 0) is 0 Å². The summed E-state index contributed by atoms with van der Waals surface area (Å²) in [4.78, 5) is 13.4. The molecular formula is C27H47NO3S. The molecule has 0 unspecified atom stereocenters. The van der Waals surface area contributed by atoms with Crippen molar-refractivity contribution >= 4 is 22.9 Å². The van der Waals surface area contributed by atoms with E-state index in [4.69, 9.17) is 9.52 Å². The summed E-state index contributed by atoms with van der Waals surface area (Å²) < 4.78 is 7.27. The molecule has 1 aliphatic rings. The van der Waals surface area contributed by atoms with Gasteiger partial charge in [0.25, 0.3) is 0 Å². The number of thioether (sulfide) groups is 1. The van der Waals surface area contributed by atoms with E-state index in [0.717, 1.165) is 42.4 Å². The van der Waals surface area contributed by atoms with Crippen LogP contribution in [0.15, 0.2) is 32.3 Å². The normalized spacial score (nSPS) is 15.1. The number of hydrogen-bond donors (Lipinski definition) is 1. The summed E-state index contributed by atoms with van der Waals surface area (Å²) >= 11 is 1.79. The fourth-order valence-electron chi connectivity index (χ4n) is 4.44. The fraction of sp³-hybridized carbons (Fsp3) is 0.741. The molecule has 0 atom stereocenters. The molecule has 184 valence electrons. The van der Waals surface area contributed by atoms with Crippen molar-refractivity contribution in [1.29, 1.82) is 0 Å². The highest BCUT2D eigenvalue weighted by molar-refractivity contribution is 7.99. The molecule has 1 N–H and O–H groups in total. The highest BCUT2D eigenvalue weighted by Gasteiger charge is 2.23. The van der Waals surface area contributed by atoms with Crippen LogP contribution in [0.2, 0.25) is 0 Å². The first-order valence-corrected chi connectivity index (χ1v) is 13.8. The highest BCUT2D eigenvalue weighted by atomic mass is 32.2. The molecule has 0 saturated heterocycles. The van der Waals surface area contributed by atoms with Crippen LogP contribution in [0.25, 0.3) is 11.1 Å². The second-order valence-electron chi connectivity index (χ2n) is 9.07. The minimum absolute atomic E-state index is 0.217. The van der Waals surface area contributed by atoms with E-state index in [1.54, 1.807) is 18.7 Å². The standard InChI is InChI=1S/C16H23NO2S.C9H18.C2H6O/c1-4-7-12(8-5-2)17-14-11-13(20-6-3)9-10-15(14)19-16(17)18;1-3-9(2)7-5-4-6-8-9;1-2-3/h9-12H,4-8H2,1-3H3;3-8H2,1-2H3;3H,2H2,1H3. The van der Waals surface area contributed by atoms with E-state index in [1.165, 1.54) is 43.4 Å². The zero-order chi connectivity index (χ0) is 24.0. The third-order valence-corrected chi connectivity index (χ3v) is 7.29. The van der Waals surface area contributed by atoms with Crippen molar-refractivity contribution in [3.05, 3.63) is 28.7 Å². The number of benzene rings is 1. The highest BCUT2D eigenvalue weighted by Crippen LogP contribution is 2.38. The van der Waals surface area contributed by atoms with Crippen molar-refractivity contribution in [3.63, 3.8) is 0 Å². The van der Waals surface area contributed by atoms with Gasteiger partial charge in [-0.25, -0.2) is 4.79 Å². The third kappa shape index (κ3) is 8.97. The van der Waals surface area contributed by atoms with Crippen molar-refractivity contribution in [3.8, 4) is 0 Å². The van der Waals surface area contributed by atoms with Gasteiger partial charge in [0.05, 0.1) is 5.52 Å². The molecule has 1 heterocycles. The average Bonchev–Trinajstić information content (AvgIpc) is 3.10. The smallest absolute Gasteiger partial charge is 0.408 e. The number of aliphatic hydroxyl groups is 1. The minimum atomic E-state index is -0.217. The van der Waals surface area contributed by atoms with Gasteiger partial charge in [-0.1, -0.05) is 73.1 Å². The summed E-state index contributed by atoms with van der Waals surface area (Å²) in [6.07, 6.45) is 13.0. The van der Waals surface area contributed by atoms with Crippen LogP contribution in [0.1, 0.15) is 112 Å². The predicted molar refractivity (Wildman–Crippen MR) is 140 cm³/mol. The molecular weight excluding hydrogens is 418 g/mol. The third-order valence-electron chi connectivity index (χ3n) is 6.42. The average molecular weight is 466 g/mol. The quantitative estimate of drug-likeness (QED) is 0.399. The van der Waals surface area contributed by atoms with Crippen molar-refractivity contribution in [2.75, 3.05) is 12.4 Å². The van der Waals surface area contributed by atoms with E-state index in [2.05, 4.69) is 40.7 Å². The monoisotopic (exact) mass is 465 g/mol. The van der Waals surface area contributed by atoms with Crippen LogP contribution in [0.4, 0.5) is 0 Å². The van der Waals surface area contributed by atoms with Crippen molar-refractivity contribution in [1.82, 2.24) is 4.57 Å². The molecule has 0 spiro atoms. The van der Waals surface area contributed by atoms with E-state index in [0.29, 0.717) is 5.58 Å². The van der Waals surface area contributed by atoms with Gasteiger partial charge in [0, 0.05) is 17.5 Å². The lowest BCUT2D eigenvalue weighted by atomic mass is 9.74. The Bertz CT molecular complexity index is 799. The van der Waals surface area contributed by atoms with Crippen LogP contribution < -0.4 is 5.76 Å². The lowest BCUT2D eigenvalue weighted by Gasteiger charge is -2.32. The Labute approximate surface area is 200 Å². The zero-order valence-electron chi connectivity index (χ0n) is 21.4. The van der Waals surface area contributed by atoms with Gasteiger partial charge in [-0.15, -0.1) is 11.8 Å². The summed E-state index contributed by atoms with van der Waals surface area (Å²) in [5.74, 6) is 0.812. The molecule has 1 aliphatic carbocycles. The van der Waals surface area contributed by atoms with Gasteiger partial charge in [-0.3, -0.25) is 4.57 Å². The van der Waals surface area contributed by atoms with Crippen molar-refractivity contribution in [2.45, 2.75) is 117 Å². The SMILES string of the molecule is CCC1(C)CCCCC1.CCCC(CCC)n1c(=O)oc2ccc(SCC)cc21.CCO. The van der Waals surface area contributed by atoms with Crippen LogP contribution in [0.3, 0.4) is 0 Å². The molecule has 0 aliphatic heterocycles. The van der Waals surface area contributed by atoms with Crippen LogP contribution in [0, 0.1) is 5.41 Å². The number of fused-ring (bicyclic) bond motifs is 1. The van der Waals surface area contributed by atoms with Gasteiger partial charge in [-0.2, -0.15) is 0 Å². The Balaban J connectivity index is 0.000000354. The second-order valence-corrected chi connectivity index (χ2v) is 10.4. The Morgan fingerprint density at radius 1 is 1.06 bits per heavy atom. The van der Waals surface area contributed by atoms with E-state index in [-0.39, 0.29) is 18.4 Å². The summed E-state index contributed by atoms with van der Waals surface area (Å²) in [6.45, 7) is 13.1. The maximum Gasteiger partial charge on any atom is 0.420 e. The first kappa shape index (κ1) is 28.8. The molecule has 5 heteroatoms. The number of nitrogens with zero attached hydrogens (tertiary/aromatic N) is 1. The lowest BCUT2D eigenvalue weighted by Crippen LogP contribution is -2.20. The fourth-order valence-corrected chi connectivity index (χ4v) is 5.14. The molecule has 4 nitrogen and oxygen atoms in total. The summed E-state index contributed by atoms with van der Waals surface area (Å²) in [5.41, 5.74) is 2.37. The van der Waals surface area contributed by atoms with E-state index < -0.39 is 0 Å². The van der Waals surface area contributed by atoms with E-state index in [1.807, 2.05) is 16.7 Å². The summed E-state index contributed by atoms with van der Waals surface area (Å²) in [5, 5.41) is 7.57. The van der Waals surface area contributed by atoms with Gasteiger partial charge < -0.3 is 9.52 Å². The minimum Gasteiger partial charge on any atom is -0.408 e. The molecule has 1 saturated carbocycles. The molecule has 2 aromatic rings. The van der Waals surface area contributed by atoms with Gasteiger partial charge in [0.1, 0.15) is 0 Å². The maximum absolute atomic E-state index is 12.2. The van der Waals surface area contributed by atoms with E-state index >= 15 is 0 Å². The first-order valence-electron chi connectivity index (χ1n) is 12.8. The number of aliphatic hydroxyl groups excluding tert-OH is 1. The van der Waals surface area contributed by atoms with E-state index in [9.17, 15) is 4.79 Å². The first-order chi connectivity index (χ1) is 15.4. The largest absolute Gasteiger partial charge is 0.420 e. The molecule has 32 heavy (non-hydrogen) atoms. The van der Waals surface area contributed by atoms with Gasteiger partial charge in [0.2, 0.25) is 0 Å². The number of hydrogen-bond acceptors (Lipinski definition) is 4. The number of oxazole rings is 1. The summed E-state index contributed by atoms with van der Waals surface area (Å²) in [6, 6.07) is 6.28. The van der Waals surface area contributed by atoms with Gasteiger partial charge in [-0.05, 0) is 62.0 Å². The van der Waals surface area contributed by atoms with Crippen LogP contribution in [0.5, 0.6) is 0 Å². The van der Waals surface area contributed by atoms with Crippen LogP contribution >= 0.6 is 11.8 Å². The molecule has 1 fully saturated rings. The maximum atomic E-state index is 12.2. The topological polar surface area (TPSA) is 55.4 Å². The Kier molecular flexibility index (Phi) is 14.1. The molecule has 3 rings (SSSR count). The molecule has 0 bridgehead atoms.